The molecular formula is C30H38N2. The average Bonchev–Trinajstić information content (AvgIpc) is 2.74. The van der Waals surface area contributed by atoms with Gasteiger partial charge in [-0.05, 0) is 84.9 Å². The lowest BCUT2D eigenvalue weighted by Gasteiger charge is -2.29. The van der Waals surface area contributed by atoms with Gasteiger partial charge in [0.25, 0.3) is 0 Å². The zero-order chi connectivity index (χ0) is 24.6. The first-order chi connectivity index (χ1) is 14.9. The first-order valence-corrected chi connectivity index (χ1v) is 11.1. The Bertz CT molecular complexity index is 1070. The quantitative estimate of drug-likeness (QED) is 0.193. The summed E-state index contributed by atoms with van der Waals surface area (Å²) in [6, 6.07) is 6.59. The average molecular weight is 427 g/mol. The molecule has 0 bridgehead atoms. The van der Waals surface area contributed by atoms with Gasteiger partial charge < -0.3 is 5.41 Å². The number of aryl methyl sites for hydroxylation is 1. The van der Waals surface area contributed by atoms with Gasteiger partial charge in [-0.1, -0.05) is 65.1 Å². The first kappa shape index (κ1) is 26.9. The molecule has 2 heteroatoms. The minimum absolute atomic E-state index is 0.180. The molecule has 1 unspecified atom stereocenters. The molecule has 0 fully saturated rings. The third-order valence-corrected chi connectivity index (χ3v) is 6.25. The van der Waals surface area contributed by atoms with Gasteiger partial charge in [0.2, 0.25) is 0 Å². The molecule has 0 saturated carbocycles. The number of allylic oxidation sites excluding steroid dienone is 8. The molecule has 1 N–H and O–H groups in total. The Morgan fingerprint density at radius 3 is 2.25 bits per heavy atom. The van der Waals surface area contributed by atoms with Crippen LogP contribution in [0.25, 0.3) is 11.1 Å². The van der Waals surface area contributed by atoms with Gasteiger partial charge in [0.1, 0.15) is 0 Å². The van der Waals surface area contributed by atoms with Crippen LogP contribution < -0.4 is 0 Å². The van der Waals surface area contributed by atoms with Gasteiger partial charge in [0, 0.05) is 17.4 Å². The molecule has 1 atom stereocenters. The third kappa shape index (κ3) is 6.43. The van der Waals surface area contributed by atoms with Crippen LogP contribution in [-0.2, 0) is 6.42 Å². The Morgan fingerprint density at radius 2 is 1.81 bits per heavy atom. The second kappa shape index (κ2) is 11.5. The van der Waals surface area contributed by atoms with Crippen molar-refractivity contribution < 1.29 is 0 Å². The van der Waals surface area contributed by atoms with E-state index in [-0.39, 0.29) is 5.41 Å². The molecule has 0 spiro atoms. The highest BCUT2D eigenvalue weighted by Gasteiger charge is 2.22. The molecule has 1 aromatic rings. The molecule has 0 amide bonds. The summed E-state index contributed by atoms with van der Waals surface area (Å²) < 4.78 is 0. The summed E-state index contributed by atoms with van der Waals surface area (Å²) in [5.41, 5.74) is 11.8. The summed E-state index contributed by atoms with van der Waals surface area (Å²) in [6.45, 7) is 24.9. The number of benzene rings is 1. The zero-order valence-corrected chi connectivity index (χ0v) is 21.1. The van der Waals surface area contributed by atoms with Gasteiger partial charge in [0.15, 0.2) is 0 Å². The highest BCUT2D eigenvalue weighted by molar-refractivity contribution is 6.09. The van der Waals surface area contributed by atoms with E-state index in [4.69, 9.17) is 5.41 Å². The maximum Gasteiger partial charge on any atom is 0.0991 e. The number of nitriles is 1. The molecule has 0 heterocycles. The normalized spacial score (nSPS) is 13.8. The predicted octanol–water partition coefficient (Wildman–Crippen LogP) is 8.41. The molecule has 0 aliphatic rings. The largest absolute Gasteiger partial charge is 0.308 e. The van der Waals surface area contributed by atoms with E-state index in [0.29, 0.717) is 11.5 Å². The fourth-order valence-corrected chi connectivity index (χ4v) is 3.62. The molecule has 0 saturated heterocycles. The van der Waals surface area contributed by atoms with E-state index >= 15 is 0 Å². The molecule has 168 valence electrons. The van der Waals surface area contributed by atoms with Crippen molar-refractivity contribution >= 4 is 17.4 Å². The van der Waals surface area contributed by atoms with Gasteiger partial charge in [-0.15, -0.1) is 5.73 Å². The summed E-state index contributed by atoms with van der Waals surface area (Å²) in [5.74, 6) is 0.470. The monoisotopic (exact) mass is 426 g/mol. The van der Waals surface area contributed by atoms with Gasteiger partial charge in [0.05, 0.1) is 11.6 Å². The Kier molecular flexibility index (Phi) is 9.64. The SMILES string of the molecule is C=C=C(/C=C(\C)c1cc(C)c(/C(C=N)=C/C)cc1CC(C)C(C)(C)C)/C(=C\C)C(=C)C#N. The van der Waals surface area contributed by atoms with Gasteiger partial charge in [-0.25, -0.2) is 0 Å². The molecule has 0 aliphatic carbocycles. The van der Waals surface area contributed by atoms with Crippen LogP contribution >= 0.6 is 0 Å². The minimum atomic E-state index is 0.180. The van der Waals surface area contributed by atoms with Gasteiger partial charge in [-0.2, -0.15) is 5.26 Å². The summed E-state index contributed by atoms with van der Waals surface area (Å²) in [5, 5.41) is 17.1. The highest BCUT2D eigenvalue weighted by Crippen LogP contribution is 2.34. The lowest BCUT2D eigenvalue weighted by Crippen LogP contribution is -2.20. The van der Waals surface area contributed by atoms with Crippen molar-refractivity contribution in [2.45, 2.75) is 61.8 Å². The van der Waals surface area contributed by atoms with Crippen LogP contribution in [0, 0.1) is 35.0 Å². The lowest BCUT2D eigenvalue weighted by molar-refractivity contribution is 0.260. The van der Waals surface area contributed by atoms with Crippen molar-refractivity contribution in [1.29, 1.82) is 10.7 Å². The zero-order valence-electron chi connectivity index (χ0n) is 21.1. The fraction of sp³-hybridized carbons (Fsp3) is 0.367. The molecule has 0 radical (unpaired) electrons. The Hall–Kier alpha value is -3.14. The van der Waals surface area contributed by atoms with Gasteiger partial charge in [-0.3, -0.25) is 0 Å². The van der Waals surface area contributed by atoms with E-state index in [1.54, 1.807) is 0 Å². The number of nitrogens with zero attached hydrogens (tertiary/aromatic N) is 1. The Morgan fingerprint density at radius 1 is 1.19 bits per heavy atom. The molecule has 1 aromatic carbocycles. The van der Waals surface area contributed by atoms with Crippen LogP contribution in [0.4, 0.5) is 0 Å². The minimum Gasteiger partial charge on any atom is -0.308 e. The van der Waals surface area contributed by atoms with Crippen molar-refractivity contribution in [2.75, 3.05) is 0 Å². The van der Waals surface area contributed by atoms with Gasteiger partial charge >= 0.3 is 0 Å². The number of nitrogens with one attached hydrogen (secondary N) is 1. The van der Waals surface area contributed by atoms with Crippen LogP contribution in [0.15, 0.2) is 66.0 Å². The highest BCUT2D eigenvalue weighted by atomic mass is 14.3. The van der Waals surface area contributed by atoms with Crippen molar-refractivity contribution in [3.05, 3.63) is 88.2 Å². The third-order valence-electron chi connectivity index (χ3n) is 6.25. The van der Waals surface area contributed by atoms with Crippen molar-refractivity contribution in [1.82, 2.24) is 0 Å². The van der Waals surface area contributed by atoms with E-state index < -0.39 is 0 Å². The van der Waals surface area contributed by atoms with Crippen LogP contribution in [-0.4, -0.2) is 6.21 Å². The Labute approximate surface area is 195 Å². The molecule has 0 aromatic heterocycles. The van der Waals surface area contributed by atoms with Crippen molar-refractivity contribution in [3.63, 3.8) is 0 Å². The van der Waals surface area contributed by atoms with Crippen molar-refractivity contribution in [2.24, 2.45) is 11.3 Å². The van der Waals surface area contributed by atoms with E-state index in [2.05, 4.69) is 78.6 Å². The number of hydrogen-bond acceptors (Lipinski definition) is 2. The van der Waals surface area contributed by atoms with E-state index in [1.807, 2.05) is 32.1 Å². The summed E-state index contributed by atoms with van der Waals surface area (Å²) >= 11 is 0. The molecule has 0 aliphatic heterocycles. The molecule has 1 rings (SSSR count). The summed E-state index contributed by atoms with van der Waals surface area (Å²) in [7, 11) is 0. The number of rotatable bonds is 8. The molecule has 2 nitrogen and oxygen atoms in total. The van der Waals surface area contributed by atoms with E-state index in [0.717, 1.165) is 39.8 Å². The first-order valence-electron chi connectivity index (χ1n) is 11.1. The van der Waals surface area contributed by atoms with E-state index in [9.17, 15) is 5.26 Å². The smallest absolute Gasteiger partial charge is 0.0991 e. The fourth-order valence-electron chi connectivity index (χ4n) is 3.62. The van der Waals surface area contributed by atoms with Crippen LogP contribution in [0.5, 0.6) is 0 Å². The lowest BCUT2D eigenvalue weighted by atomic mass is 9.76. The summed E-state index contributed by atoms with van der Waals surface area (Å²) in [4.78, 5) is 0. The second-order valence-corrected chi connectivity index (χ2v) is 9.39. The second-order valence-electron chi connectivity index (χ2n) is 9.39. The van der Waals surface area contributed by atoms with Crippen LogP contribution in [0.2, 0.25) is 0 Å². The number of hydrogen-bond donors (Lipinski definition) is 1. The maximum absolute atomic E-state index is 9.32. The topological polar surface area (TPSA) is 47.6 Å². The van der Waals surface area contributed by atoms with Crippen LogP contribution in [0.3, 0.4) is 0 Å². The maximum atomic E-state index is 9.32. The predicted molar refractivity (Wildman–Crippen MR) is 141 cm³/mol. The summed E-state index contributed by atoms with van der Waals surface area (Å²) in [6.07, 6.45) is 8.26. The van der Waals surface area contributed by atoms with E-state index in [1.165, 1.54) is 17.3 Å². The van der Waals surface area contributed by atoms with Crippen molar-refractivity contribution in [3.8, 4) is 6.07 Å². The molecular weight excluding hydrogens is 388 g/mol. The Balaban J connectivity index is 3.75. The standard InChI is InChI=1S/C30H38N2/c1-11-24(27(13-3)22(6)18-31)14-20(4)28-15-21(5)29(25(12-2)19-32)17-26(28)16-23(7)30(8,9)10/h12-15,17,19,23,32H,1,6,16H2,2-5,7-10H3/b20-14+,25-12+,27-13-,32-19?. The van der Waals surface area contributed by atoms with Crippen LogP contribution in [0.1, 0.15) is 70.7 Å². The molecule has 32 heavy (non-hydrogen) atoms.